The highest BCUT2D eigenvalue weighted by Gasteiger charge is 2.18. The van der Waals surface area contributed by atoms with Crippen molar-refractivity contribution in [3.63, 3.8) is 0 Å². The van der Waals surface area contributed by atoms with Crippen LogP contribution in [0.2, 0.25) is 0 Å². The van der Waals surface area contributed by atoms with Gasteiger partial charge in [-0.15, -0.1) is 0 Å². The van der Waals surface area contributed by atoms with Gasteiger partial charge in [0.05, 0.1) is 25.4 Å². The zero-order chi connectivity index (χ0) is 46.5. The van der Waals surface area contributed by atoms with Crippen LogP contribution in [0.5, 0.6) is 0 Å². The van der Waals surface area contributed by atoms with E-state index in [1.54, 1.807) is 6.08 Å². The molecule has 0 saturated carbocycles. The lowest BCUT2D eigenvalue weighted by Gasteiger charge is -2.20. The third-order valence-electron chi connectivity index (χ3n) is 12.9. The molecule has 0 aromatic heterocycles. The Bertz CT molecular complexity index is 1040. The van der Waals surface area contributed by atoms with Gasteiger partial charge in [-0.2, -0.15) is 0 Å². The number of hydrogen-bond acceptors (Lipinski definition) is 5. The van der Waals surface area contributed by atoms with Gasteiger partial charge in [-0.3, -0.25) is 9.59 Å². The molecule has 376 valence electrons. The number of rotatable bonds is 52. The molecular weight excluding hydrogens is 791 g/mol. The first-order chi connectivity index (χ1) is 31.5. The number of aliphatic hydroxyl groups is 2. The summed E-state index contributed by atoms with van der Waals surface area (Å²) in [6.07, 6.45) is 65.9. The fourth-order valence-electron chi connectivity index (χ4n) is 8.50. The fraction of sp³-hybridized carbons (Fsp3) is 0.862. The van der Waals surface area contributed by atoms with E-state index in [9.17, 15) is 19.8 Å². The van der Waals surface area contributed by atoms with Crippen LogP contribution in [-0.2, 0) is 14.3 Å². The molecule has 0 spiro atoms. The summed E-state index contributed by atoms with van der Waals surface area (Å²) in [5, 5.41) is 23.1. The van der Waals surface area contributed by atoms with Gasteiger partial charge in [0.25, 0.3) is 0 Å². The van der Waals surface area contributed by atoms with Gasteiger partial charge < -0.3 is 20.3 Å². The monoisotopic (exact) mass is 900 g/mol. The second-order valence-electron chi connectivity index (χ2n) is 19.3. The zero-order valence-corrected chi connectivity index (χ0v) is 42.8. The predicted molar refractivity (Wildman–Crippen MR) is 278 cm³/mol. The molecule has 0 radical (unpaired) electrons. The van der Waals surface area contributed by atoms with Gasteiger partial charge in [0.15, 0.2) is 0 Å². The standard InChI is InChI=1S/C58H109NO5/c1-3-5-7-9-11-13-15-17-24-27-30-34-38-42-46-50-56(61)55(54-60)59-57(62)51-47-43-39-35-31-28-25-22-20-18-19-21-23-26-29-33-37-41-45-49-53-64-58(63)52-48-44-40-36-32-16-14-12-10-8-6-4-2/h12,14,18,20,46,50,55-56,60-61H,3-11,13,15-17,19,21-45,47-49,51-54H2,1-2H3,(H,59,62)/b14-12-,20-18-,50-46+. The second kappa shape index (κ2) is 53.7. The van der Waals surface area contributed by atoms with Gasteiger partial charge in [-0.25, -0.2) is 0 Å². The van der Waals surface area contributed by atoms with Crippen molar-refractivity contribution in [1.82, 2.24) is 5.32 Å². The van der Waals surface area contributed by atoms with Gasteiger partial charge in [-0.05, 0) is 83.5 Å². The topological polar surface area (TPSA) is 95.9 Å². The first kappa shape index (κ1) is 62.1. The molecule has 6 nitrogen and oxygen atoms in total. The van der Waals surface area contributed by atoms with Crippen molar-refractivity contribution in [2.24, 2.45) is 0 Å². The summed E-state index contributed by atoms with van der Waals surface area (Å²) in [6.45, 7) is 4.87. The summed E-state index contributed by atoms with van der Waals surface area (Å²) >= 11 is 0. The Balaban J connectivity index is 3.47. The fourth-order valence-corrected chi connectivity index (χ4v) is 8.50. The second-order valence-corrected chi connectivity index (χ2v) is 19.3. The average molecular weight is 901 g/mol. The van der Waals surface area contributed by atoms with Crippen molar-refractivity contribution in [3.8, 4) is 0 Å². The lowest BCUT2D eigenvalue weighted by atomic mass is 10.0. The molecule has 6 heteroatoms. The minimum Gasteiger partial charge on any atom is -0.466 e. The maximum atomic E-state index is 12.4. The summed E-state index contributed by atoms with van der Waals surface area (Å²) in [6, 6.07) is -0.634. The van der Waals surface area contributed by atoms with E-state index in [4.69, 9.17) is 4.74 Å². The highest BCUT2D eigenvalue weighted by molar-refractivity contribution is 5.76. The largest absolute Gasteiger partial charge is 0.466 e. The number of unbranched alkanes of at least 4 members (excludes halogenated alkanes) is 37. The smallest absolute Gasteiger partial charge is 0.305 e. The number of ether oxygens (including phenoxy) is 1. The van der Waals surface area contributed by atoms with Crippen molar-refractivity contribution >= 4 is 11.9 Å². The Kier molecular flexibility index (Phi) is 52.1. The molecule has 64 heavy (non-hydrogen) atoms. The van der Waals surface area contributed by atoms with Crippen molar-refractivity contribution < 1.29 is 24.5 Å². The molecule has 3 N–H and O–H groups in total. The quantitative estimate of drug-likeness (QED) is 0.0321. The molecule has 0 saturated heterocycles. The molecule has 2 atom stereocenters. The molecule has 0 heterocycles. The van der Waals surface area contributed by atoms with E-state index in [1.807, 2.05) is 6.08 Å². The first-order valence-corrected chi connectivity index (χ1v) is 28.3. The van der Waals surface area contributed by atoms with Crippen molar-refractivity contribution in [1.29, 1.82) is 0 Å². The molecule has 0 aliphatic carbocycles. The van der Waals surface area contributed by atoms with E-state index in [0.717, 1.165) is 51.4 Å². The molecule has 2 unspecified atom stereocenters. The van der Waals surface area contributed by atoms with Crippen LogP contribution in [0.1, 0.15) is 296 Å². The molecular formula is C58H109NO5. The zero-order valence-electron chi connectivity index (χ0n) is 42.8. The SMILES string of the molecule is CCCCC/C=C\CCCCCCCC(=O)OCCCCCCCCCCC/C=C\CCCCCCCCCC(=O)NC(CO)C(O)/C=C/CCCCCCCCCCCCCCC. The minimum absolute atomic E-state index is 0.00495. The van der Waals surface area contributed by atoms with E-state index in [2.05, 4.69) is 43.5 Å². The van der Waals surface area contributed by atoms with Crippen LogP contribution < -0.4 is 5.32 Å². The summed E-state index contributed by atoms with van der Waals surface area (Å²) in [5.74, 6) is -0.0814. The number of aliphatic hydroxyl groups excluding tert-OH is 2. The Morgan fingerprint density at radius 3 is 1.14 bits per heavy atom. The average Bonchev–Trinajstić information content (AvgIpc) is 3.29. The van der Waals surface area contributed by atoms with Gasteiger partial charge >= 0.3 is 5.97 Å². The third-order valence-corrected chi connectivity index (χ3v) is 12.9. The Morgan fingerprint density at radius 2 is 0.734 bits per heavy atom. The maximum Gasteiger partial charge on any atom is 0.305 e. The van der Waals surface area contributed by atoms with Crippen LogP contribution in [0.4, 0.5) is 0 Å². The Morgan fingerprint density at radius 1 is 0.422 bits per heavy atom. The van der Waals surface area contributed by atoms with Crippen molar-refractivity contribution in [3.05, 3.63) is 36.5 Å². The number of nitrogens with one attached hydrogen (secondary N) is 1. The van der Waals surface area contributed by atoms with Crippen molar-refractivity contribution in [2.75, 3.05) is 13.2 Å². The normalized spacial score (nSPS) is 12.9. The number of carbonyl (C=O) groups is 2. The lowest BCUT2D eigenvalue weighted by Crippen LogP contribution is -2.45. The van der Waals surface area contributed by atoms with Crippen LogP contribution in [0.15, 0.2) is 36.5 Å². The van der Waals surface area contributed by atoms with Gasteiger partial charge in [0.1, 0.15) is 0 Å². The van der Waals surface area contributed by atoms with Gasteiger partial charge in [0.2, 0.25) is 5.91 Å². The summed E-state index contributed by atoms with van der Waals surface area (Å²) in [7, 11) is 0. The third kappa shape index (κ3) is 49.5. The number of allylic oxidation sites excluding steroid dienone is 5. The number of hydrogen-bond donors (Lipinski definition) is 3. The van der Waals surface area contributed by atoms with Gasteiger partial charge in [-0.1, -0.05) is 237 Å². The Hall–Kier alpha value is -1.92. The highest BCUT2D eigenvalue weighted by Crippen LogP contribution is 2.16. The first-order valence-electron chi connectivity index (χ1n) is 28.3. The van der Waals surface area contributed by atoms with E-state index in [1.165, 1.54) is 218 Å². The summed E-state index contributed by atoms with van der Waals surface area (Å²) < 4.78 is 5.45. The summed E-state index contributed by atoms with van der Waals surface area (Å²) in [4.78, 5) is 24.4. The van der Waals surface area contributed by atoms with Crippen LogP contribution >= 0.6 is 0 Å². The van der Waals surface area contributed by atoms with Crippen molar-refractivity contribution in [2.45, 2.75) is 309 Å². The van der Waals surface area contributed by atoms with Crippen LogP contribution in [0, 0.1) is 0 Å². The van der Waals surface area contributed by atoms with E-state index < -0.39 is 12.1 Å². The van der Waals surface area contributed by atoms with E-state index in [0.29, 0.717) is 19.4 Å². The molecule has 0 bridgehead atoms. The molecule has 0 aromatic rings. The molecule has 0 aliphatic rings. The maximum absolute atomic E-state index is 12.4. The summed E-state index contributed by atoms with van der Waals surface area (Å²) in [5.41, 5.74) is 0. The van der Waals surface area contributed by atoms with Crippen LogP contribution in [0.3, 0.4) is 0 Å². The number of amides is 1. The van der Waals surface area contributed by atoms with Crippen LogP contribution in [-0.4, -0.2) is 47.4 Å². The molecule has 0 rings (SSSR count). The van der Waals surface area contributed by atoms with E-state index in [-0.39, 0.29) is 18.5 Å². The Labute approximate surface area is 398 Å². The molecule has 0 aromatic carbocycles. The number of carbonyl (C=O) groups excluding carboxylic acids is 2. The number of esters is 1. The van der Waals surface area contributed by atoms with Gasteiger partial charge in [0, 0.05) is 12.8 Å². The molecule has 1 amide bonds. The molecule has 0 fully saturated rings. The molecule has 0 aliphatic heterocycles. The lowest BCUT2D eigenvalue weighted by molar-refractivity contribution is -0.143. The van der Waals surface area contributed by atoms with Crippen LogP contribution in [0.25, 0.3) is 0 Å². The predicted octanol–water partition coefficient (Wildman–Crippen LogP) is 17.2. The van der Waals surface area contributed by atoms with E-state index >= 15 is 0 Å². The minimum atomic E-state index is -0.850. The highest BCUT2D eigenvalue weighted by atomic mass is 16.5.